The molecule has 3 aromatic rings. The molecule has 0 aliphatic carbocycles. The largest absolute Gasteiger partial charge is 0.375 e. The number of amides is 1. The molecule has 106 valence electrons. The van der Waals surface area contributed by atoms with Gasteiger partial charge in [-0.1, -0.05) is 41.7 Å². The summed E-state index contributed by atoms with van der Waals surface area (Å²) in [6.07, 6.45) is 0. The third-order valence-corrected chi connectivity index (χ3v) is 4.11. The summed E-state index contributed by atoms with van der Waals surface area (Å²) < 4.78 is 0.937. The van der Waals surface area contributed by atoms with Gasteiger partial charge in [-0.05, 0) is 23.8 Å². The topological polar surface area (TPSA) is 59.2 Å². The number of fused-ring (bicyclic) bond motifs is 1. The number of carbonyl (C=O) groups is 1. The normalized spacial score (nSPS) is 10.7. The average Bonchev–Trinajstić information content (AvgIpc) is 2.86. The van der Waals surface area contributed by atoms with Crippen LogP contribution in [0.5, 0.6) is 0 Å². The number of nitrogens with zero attached hydrogens (tertiary/aromatic N) is 2. The van der Waals surface area contributed by atoms with E-state index in [-0.39, 0.29) is 5.91 Å². The molecular formula is C16H15N3OS. The summed E-state index contributed by atoms with van der Waals surface area (Å²) in [5, 5.41) is 0.521. The van der Waals surface area contributed by atoms with Gasteiger partial charge >= 0.3 is 0 Å². The van der Waals surface area contributed by atoms with Crippen LogP contribution < -0.4 is 5.73 Å². The molecule has 1 heterocycles. The summed E-state index contributed by atoms with van der Waals surface area (Å²) in [6.45, 7) is 0.586. The number of nitrogen functional groups attached to an aromatic ring is 1. The van der Waals surface area contributed by atoms with Crippen molar-refractivity contribution in [3.63, 3.8) is 0 Å². The minimum Gasteiger partial charge on any atom is -0.375 e. The SMILES string of the molecule is CN(Cc1ccccc1)C(=O)c1ccc2nc(N)sc2c1. The quantitative estimate of drug-likeness (QED) is 0.808. The predicted octanol–water partition coefficient (Wildman–Crippen LogP) is 3.15. The smallest absolute Gasteiger partial charge is 0.253 e. The Balaban J connectivity index is 1.82. The van der Waals surface area contributed by atoms with Crippen LogP contribution in [0, 0.1) is 0 Å². The molecule has 0 spiro atoms. The predicted molar refractivity (Wildman–Crippen MR) is 86.3 cm³/mol. The summed E-state index contributed by atoms with van der Waals surface area (Å²) in [7, 11) is 1.81. The molecule has 0 saturated carbocycles. The van der Waals surface area contributed by atoms with Crippen LogP contribution in [0.3, 0.4) is 0 Å². The van der Waals surface area contributed by atoms with Crippen molar-refractivity contribution in [2.75, 3.05) is 12.8 Å². The number of hydrogen-bond acceptors (Lipinski definition) is 4. The van der Waals surface area contributed by atoms with Crippen molar-refractivity contribution in [2.24, 2.45) is 0 Å². The molecule has 0 bridgehead atoms. The van der Waals surface area contributed by atoms with E-state index in [4.69, 9.17) is 5.73 Å². The van der Waals surface area contributed by atoms with Crippen LogP contribution >= 0.6 is 11.3 Å². The van der Waals surface area contributed by atoms with Gasteiger partial charge in [0, 0.05) is 19.2 Å². The van der Waals surface area contributed by atoms with Gasteiger partial charge in [0.05, 0.1) is 10.2 Å². The molecule has 0 saturated heterocycles. The highest BCUT2D eigenvalue weighted by atomic mass is 32.1. The number of rotatable bonds is 3. The van der Waals surface area contributed by atoms with E-state index in [1.165, 1.54) is 11.3 Å². The third kappa shape index (κ3) is 2.87. The average molecular weight is 297 g/mol. The van der Waals surface area contributed by atoms with Gasteiger partial charge in [-0.25, -0.2) is 4.98 Å². The van der Waals surface area contributed by atoms with E-state index in [9.17, 15) is 4.79 Å². The van der Waals surface area contributed by atoms with E-state index < -0.39 is 0 Å². The molecule has 0 fully saturated rings. The van der Waals surface area contributed by atoms with Gasteiger partial charge in [-0.15, -0.1) is 0 Å². The molecule has 4 nitrogen and oxygen atoms in total. The third-order valence-electron chi connectivity index (χ3n) is 3.26. The Morgan fingerprint density at radius 2 is 2.00 bits per heavy atom. The van der Waals surface area contributed by atoms with Crippen molar-refractivity contribution in [2.45, 2.75) is 6.54 Å². The van der Waals surface area contributed by atoms with Crippen LogP contribution in [-0.2, 0) is 6.54 Å². The highest BCUT2D eigenvalue weighted by molar-refractivity contribution is 7.22. The Hall–Kier alpha value is -2.40. The molecule has 21 heavy (non-hydrogen) atoms. The summed E-state index contributed by atoms with van der Waals surface area (Å²) >= 11 is 1.40. The molecular weight excluding hydrogens is 282 g/mol. The Bertz CT molecular complexity index is 783. The lowest BCUT2D eigenvalue weighted by molar-refractivity contribution is 0.0785. The molecule has 0 aliphatic rings. The number of benzene rings is 2. The van der Waals surface area contributed by atoms with Gasteiger partial charge in [0.1, 0.15) is 0 Å². The minimum absolute atomic E-state index is 0.00674. The molecule has 2 N–H and O–H groups in total. The first-order chi connectivity index (χ1) is 10.1. The fourth-order valence-electron chi connectivity index (χ4n) is 2.22. The second-order valence-electron chi connectivity index (χ2n) is 4.88. The number of aromatic nitrogens is 1. The van der Waals surface area contributed by atoms with Gasteiger partial charge in [-0.2, -0.15) is 0 Å². The first kappa shape index (κ1) is 13.6. The molecule has 3 rings (SSSR count). The van der Waals surface area contributed by atoms with Crippen LogP contribution in [0.15, 0.2) is 48.5 Å². The first-order valence-electron chi connectivity index (χ1n) is 6.59. The van der Waals surface area contributed by atoms with Crippen molar-refractivity contribution in [3.05, 3.63) is 59.7 Å². The van der Waals surface area contributed by atoms with Crippen molar-refractivity contribution in [3.8, 4) is 0 Å². The minimum atomic E-state index is -0.00674. The van der Waals surface area contributed by atoms with Crippen LogP contribution in [0.2, 0.25) is 0 Å². The molecule has 1 aromatic heterocycles. The Labute approximate surface area is 126 Å². The molecule has 0 aliphatic heterocycles. The highest BCUT2D eigenvalue weighted by Crippen LogP contribution is 2.25. The van der Waals surface area contributed by atoms with Crippen LogP contribution in [0.4, 0.5) is 5.13 Å². The van der Waals surface area contributed by atoms with Crippen LogP contribution in [-0.4, -0.2) is 22.8 Å². The Morgan fingerprint density at radius 3 is 2.76 bits per heavy atom. The fourth-order valence-corrected chi connectivity index (χ4v) is 3.00. The number of carbonyl (C=O) groups excluding carboxylic acids is 1. The number of nitrogens with two attached hydrogens (primary N) is 1. The fraction of sp³-hybridized carbons (Fsp3) is 0.125. The lowest BCUT2D eigenvalue weighted by Gasteiger charge is -2.17. The highest BCUT2D eigenvalue weighted by Gasteiger charge is 2.13. The van der Waals surface area contributed by atoms with E-state index in [1.54, 1.807) is 18.0 Å². The second-order valence-corrected chi connectivity index (χ2v) is 5.94. The number of thiazole rings is 1. The Morgan fingerprint density at radius 1 is 1.24 bits per heavy atom. The van der Waals surface area contributed by atoms with Crippen LogP contribution in [0.1, 0.15) is 15.9 Å². The van der Waals surface area contributed by atoms with Gasteiger partial charge in [-0.3, -0.25) is 4.79 Å². The summed E-state index contributed by atoms with van der Waals surface area (Å²) in [5.41, 5.74) is 8.29. The van der Waals surface area contributed by atoms with Crippen LogP contribution in [0.25, 0.3) is 10.2 Å². The summed E-state index contributed by atoms with van der Waals surface area (Å²) in [4.78, 5) is 18.4. The van der Waals surface area contributed by atoms with Crippen molar-refractivity contribution in [1.82, 2.24) is 9.88 Å². The van der Waals surface area contributed by atoms with E-state index >= 15 is 0 Å². The lowest BCUT2D eigenvalue weighted by atomic mass is 10.1. The zero-order valence-corrected chi connectivity index (χ0v) is 12.4. The zero-order chi connectivity index (χ0) is 14.8. The first-order valence-corrected chi connectivity index (χ1v) is 7.40. The molecule has 0 atom stereocenters. The van der Waals surface area contributed by atoms with E-state index in [0.717, 1.165) is 15.8 Å². The maximum absolute atomic E-state index is 12.5. The van der Waals surface area contributed by atoms with E-state index in [1.807, 2.05) is 42.5 Å². The van der Waals surface area contributed by atoms with Crippen molar-refractivity contribution >= 4 is 32.6 Å². The monoisotopic (exact) mass is 297 g/mol. The molecule has 5 heteroatoms. The summed E-state index contributed by atoms with van der Waals surface area (Å²) in [6, 6.07) is 15.4. The van der Waals surface area contributed by atoms with Gasteiger partial charge in [0.2, 0.25) is 0 Å². The van der Waals surface area contributed by atoms with Crippen molar-refractivity contribution < 1.29 is 4.79 Å². The van der Waals surface area contributed by atoms with E-state index in [0.29, 0.717) is 17.2 Å². The number of hydrogen-bond donors (Lipinski definition) is 1. The summed E-state index contributed by atoms with van der Waals surface area (Å²) in [5.74, 6) is -0.00674. The van der Waals surface area contributed by atoms with E-state index in [2.05, 4.69) is 4.98 Å². The second kappa shape index (κ2) is 5.54. The standard InChI is InChI=1S/C16H15N3OS/c1-19(10-11-5-3-2-4-6-11)15(20)12-7-8-13-14(9-12)21-16(17)18-13/h2-9H,10H2,1H3,(H2,17,18). The maximum atomic E-state index is 12.5. The van der Waals surface area contributed by atoms with Crippen molar-refractivity contribution in [1.29, 1.82) is 0 Å². The lowest BCUT2D eigenvalue weighted by Crippen LogP contribution is -2.26. The zero-order valence-electron chi connectivity index (χ0n) is 11.6. The molecule has 1 amide bonds. The maximum Gasteiger partial charge on any atom is 0.253 e. The van der Waals surface area contributed by atoms with Gasteiger partial charge in [0.25, 0.3) is 5.91 Å². The molecule has 0 unspecified atom stereocenters. The van der Waals surface area contributed by atoms with Gasteiger partial charge < -0.3 is 10.6 Å². The molecule has 2 aromatic carbocycles. The Kier molecular flexibility index (Phi) is 3.58. The number of anilines is 1. The van der Waals surface area contributed by atoms with Gasteiger partial charge in [0.15, 0.2) is 5.13 Å². The molecule has 0 radical (unpaired) electrons.